The van der Waals surface area contributed by atoms with Gasteiger partial charge in [0.2, 0.25) is 6.79 Å². The van der Waals surface area contributed by atoms with Crippen LogP contribution in [-0.4, -0.2) is 40.5 Å². The predicted octanol–water partition coefficient (Wildman–Crippen LogP) is 4.17. The fourth-order valence-electron chi connectivity index (χ4n) is 3.85. The van der Waals surface area contributed by atoms with Gasteiger partial charge in [0, 0.05) is 17.3 Å². The topological polar surface area (TPSA) is 96.2 Å². The summed E-state index contributed by atoms with van der Waals surface area (Å²) in [5.74, 6) is 1.18. The van der Waals surface area contributed by atoms with Crippen LogP contribution in [0.1, 0.15) is 16.1 Å². The highest BCUT2D eigenvalue weighted by Gasteiger charge is 2.36. The number of hydrogen-bond donors (Lipinski definition) is 1. The van der Waals surface area contributed by atoms with Crippen molar-refractivity contribution in [3.63, 3.8) is 0 Å². The van der Waals surface area contributed by atoms with Gasteiger partial charge in [0.25, 0.3) is 5.91 Å². The number of amides is 1. The molecule has 2 aromatic carbocycles. The van der Waals surface area contributed by atoms with Crippen molar-refractivity contribution in [2.75, 3.05) is 25.3 Å². The summed E-state index contributed by atoms with van der Waals surface area (Å²) in [6.45, 7) is 0.767. The third kappa shape index (κ3) is 3.72. The van der Waals surface area contributed by atoms with Crippen LogP contribution in [0.4, 0.5) is 18.9 Å². The maximum Gasteiger partial charge on any atom is 0.433 e. The second-order valence-electron chi connectivity index (χ2n) is 7.70. The highest BCUT2D eigenvalue weighted by molar-refractivity contribution is 6.08. The first-order valence-electron chi connectivity index (χ1n) is 10.4. The van der Waals surface area contributed by atoms with Crippen LogP contribution in [0.3, 0.4) is 0 Å². The maximum atomic E-state index is 13.9. The van der Waals surface area contributed by atoms with Gasteiger partial charge in [-0.3, -0.25) is 4.79 Å². The van der Waals surface area contributed by atoms with Crippen molar-refractivity contribution in [3.05, 3.63) is 59.9 Å². The molecule has 1 N–H and O–H groups in total. The number of benzene rings is 2. The fourth-order valence-corrected chi connectivity index (χ4v) is 3.85. The van der Waals surface area contributed by atoms with Gasteiger partial charge >= 0.3 is 6.18 Å². The second-order valence-corrected chi connectivity index (χ2v) is 7.70. The zero-order valence-corrected chi connectivity index (χ0v) is 17.8. The van der Waals surface area contributed by atoms with E-state index in [9.17, 15) is 18.0 Å². The van der Waals surface area contributed by atoms with Crippen LogP contribution in [0.25, 0.3) is 16.9 Å². The van der Waals surface area contributed by atoms with Crippen molar-refractivity contribution < 1.29 is 36.9 Å². The Hall–Kier alpha value is -4.48. The highest BCUT2D eigenvalue weighted by atomic mass is 19.4. The van der Waals surface area contributed by atoms with Crippen molar-refractivity contribution in [2.45, 2.75) is 6.18 Å². The van der Waals surface area contributed by atoms with E-state index in [-0.39, 0.29) is 23.7 Å². The number of aromatic nitrogens is 3. The van der Waals surface area contributed by atoms with E-state index in [4.69, 9.17) is 18.9 Å². The number of nitrogens with zero attached hydrogens (tertiary/aromatic N) is 3. The van der Waals surface area contributed by atoms with E-state index in [0.717, 1.165) is 12.3 Å². The van der Waals surface area contributed by atoms with E-state index >= 15 is 0 Å². The third-order valence-electron chi connectivity index (χ3n) is 5.48. The third-order valence-corrected chi connectivity index (χ3v) is 5.48. The molecule has 9 nitrogen and oxygen atoms in total. The number of carbonyl (C=O) groups is 1. The molecule has 178 valence electrons. The Morgan fingerprint density at radius 3 is 2.46 bits per heavy atom. The maximum absolute atomic E-state index is 13.9. The molecule has 2 aliphatic rings. The Labute approximate surface area is 195 Å². The lowest BCUT2D eigenvalue weighted by Crippen LogP contribution is -2.16. The van der Waals surface area contributed by atoms with Crippen LogP contribution < -0.4 is 24.3 Å². The van der Waals surface area contributed by atoms with E-state index in [1.807, 2.05) is 0 Å². The Kier molecular flexibility index (Phi) is 4.69. The first kappa shape index (κ1) is 21.1. The molecule has 0 atom stereocenters. The monoisotopic (exact) mass is 484 g/mol. The minimum Gasteiger partial charge on any atom is -0.486 e. The van der Waals surface area contributed by atoms with E-state index in [2.05, 4.69) is 15.4 Å². The summed E-state index contributed by atoms with van der Waals surface area (Å²) in [6, 6.07) is 10.4. The zero-order chi connectivity index (χ0) is 24.2. The number of ether oxygens (including phenoxy) is 4. The first-order valence-corrected chi connectivity index (χ1v) is 10.4. The standard InChI is InChI=1S/C23H15F3N4O5/c24-23(25,26)20-9-15(12-1-3-16-18(7-12)33-6-5-32-16)29-21-14(10-27-30(20)21)22(31)28-13-2-4-17-19(8-13)35-11-34-17/h1-4,7-10H,5-6,11H2,(H,28,31). The van der Waals surface area contributed by atoms with Gasteiger partial charge in [-0.2, -0.15) is 18.3 Å². The quantitative estimate of drug-likeness (QED) is 0.466. The van der Waals surface area contributed by atoms with Gasteiger partial charge in [0.1, 0.15) is 18.8 Å². The van der Waals surface area contributed by atoms with Gasteiger partial charge in [0.15, 0.2) is 34.3 Å². The fraction of sp³-hybridized carbons (Fsp3) is 0.174. The average Bonchev–Trinajstić information content (AvgIpc) is 3.49. The molecule has 0 unspecified atom stereocenters. The molecule has 0 saturated heterocycles. The number of hydrogen-bond acceptors (Lipinski definition) is 7. The molecule has 2 aliphatic heterocycles. The van der Waals surface area contributed by atoms with E-state index < -0.39 is 17.8 Å². The van der Waals surface area contributed by atoms with Crippen molar-refractivity contribution in [1.29, 1.82) is 0 Å². The van der Waals surface area contributed by atoms with Crippen LogP contribution >= 0.6 is 0 Å². The average molecular weight is 484 g/mol. The minimum atomic E-state index is -4.75. The normalized spacial score (nSPS) is 14.3. The van der Waals surface area contributed by atoms with Gasteiger partial charge in [-0.25, -0.2) is 9.50 Å². The molecular formula is C23H15F3N4O5. The van der Waals surface area contributed by atoms with Crippen molar-refractivity contribution >= 4 is 17.2 Å². The molecular weight excluding hydrogens is 469 g/mol. The molecule has 12 heteroatoms. The molecule has 1 amide bonds. The summed E-state index contributed by atoms with van der Waals surface area (Å²) in [5, 5.41) is 6.43. The summed E-state index contributed by atoms with van der Waals surface area (Å²) < 4.78 is 63.9. The number of anilines is 1. The number of alkyl halides is 3. The first-order chi connectivity index (χ1) is 16.9. The predicted molar refractivity (Wildman–Crippen MR) is 115 cm³/mol. The van der Waals surface area contributed by atoms with Crippen LogP contribution in [0, 0.1) is 0 Å². The summed E-state index contributed by atoms with van der Waals surface area (Å²) in [7, 11) is 0. The number of halogens is 3. The molecule has 0 radical (unpaired) electrons. The lowest BCUT2D eigenvalue weighted by Gasteiger charge is -2.19. The summed E-state index contributed by atoms with van der Waals surface area (Å²) in [5.41, 5.74) is -0.715. The van der Waals surface area contributed by atoms with Gasteiger partial charge in [-0.05, 0) is 36.4 Å². The molecule has 6 rings (SSSR count). The largest absolute Gasteiger partial charge is 0.486 e. The smallest absolute Gasteiger partial charge is 0.433 e. The van der Waals surface area contributed by atoms with Crippen LogP contribution in [0.5, 0.6) is 23.0 Å². The Balaban J connectivity index is 1.42. The molecule has 0 saturated carbocycles. The molecule has 2 aromatic heterocycles. The van der Waals surface area contributed by atoms with Crippen molar-refractivity contribution in [2.24, 2.45) is 0 Å². The molecule has 0 spiro atoms. The Morgan fingerprint density at radius 2 is 1.63 bits per heavy atom. The number of carbonyl (C=O) groups excluding carboxylic acids is 1. The molecule has 4 aromatic rings. The van der Waals surface area contributed by atoms with Gasteiger partial charge in [-0.15, -0.1) is 0 Å². The molecule has 0 aliphatic carbocycles. The zero-order valence-electron chi connectivity index (χ0n) is 17.8. The van der Waals surface area contributed by atoms with E-state index in [1.54, 1.807) is 36.4 Å². The van der Waals surface area contributed by atoms with Gasteiger partial charge in [-0.1, -0.05) is 0 Å². The highest BCUT2D eigenvalue weighted by Crippen LogP contribution is 2.37. The summed E-state index contributed by atoms with van der Waals surface area (Å²) in [6.07, 6.45) is -3.70. The van der Waals surface area contributed by atoms with E-state index in [0.29, 0.717) is 52.0 Å². The molecule has 4 heterocycles. The molecule has 35 heavy (non-hydrogen) atoms. The van der Waals surface area contributed by atoms with Gasteiger partial charge < -0.3 is 24.3 Å². The lowest BCUT2D eigenvalue weighted by molar-refractivity contribution is -0.142. The summed E-state index contributed by atoms with van der Waals surface area (Å²) in [4.78, 5) is 17.3. The van der Waals surface area contributed by atoms with Crippen molar-refractivity contribution in [1.82, 2.24) is 14.6 Å². The van der Waals surface area contributed by atoms with Crippen LogP contribution in [0.2, 0.25) is 0 Å². The second kappa shape index (κ2) is 7.79. The Morgan fingerprint density at radius 1 is 0.914 bits per heavy atom. The Bertz CT molecular complexity index is 1480. The number of nitrogens with one attached hydrogen (secondary N) is 1. The van der Waals surface area contributed by atoms with E-state index in [1.165, 1.54) is 0 Å². The lowest BCUT2D eigenvalue weighted by atomic mass is 10.1. The number of rotatable bonds is 3. The van der Waals surface area contributed by atoms with Crippen LogP contribution in [0.15, 0.2) is 48.7 Å². The van der Waals surface area contributed by atoms with Crippen LogP contribution in [-0.2, 0) is 6.18 Å². The van der Waals surface area contributed by atoms with Gasteiger partial charge in [0.05, 0.1) is 11.9 Å². The SMILES string of the molecule is O=C(Nc1ccc2c(c1)OCO2)c1cnn2c(C(F)(F)F)cc(-c3ccc4c(c3)OCCO4)nc12. The molecule has 0 fully saturated rings. The minimum absolute atomic E-state index is 0.000530. The molecule has 0 bridgehead atoms. The number of fused-ring (bicyclic) bond motifs is 3. The summed E-state index contributed by atoms with van der Waals surface area (Å²) >= 11 is 0. The van der Waals surface area contributed by atoms with Crippen molar-refractivity contribution in [3.8, 4) is 34.3 Å².